The fourth-order valence-electron chi connectivity index (χ4n) is 4.42. The van der Waals surface area contributed by atoms with E-state index < -0.39 is 17.7 Å². The minimum absolute atomic E-state index is 0.0308. The summed E-state index contributed by atoms with van der Waals surface area (Å²) in [5.41, 5.74) is 2.53. The summed E-state index contributed by atoms with van der Waals surface area (Å²) in [5.74, 6) is -0.434. The van der Waals surface area contributed by atoms with Crippen molar-refractivity contribution in [2.45, 2.75) is 26.3 Å². The molecule has 0 bridgehead atoms. The Kier molecular flexibility index (Phi) is 7.29. The average Bonchev–Trinajstić information content (AvgIpc) is 3.18. The van der Waals surface area contributed by atoms with E-state index in [1.54, 1.807) is 49.6 Å². The maximum absolute atomic E-state index is 13.4. The highest BCUT2D eigenvalue weighted by molar-refractivity contribution is 6.51. The Balaban J connectivity index is 1.97. The van der Waals surface area contributed by atoms with Crippen LogP contribution in [0.1, 0.15) is 36.6 Å². The standard InChI is InChI=1S/C29H29NO6/c1-5-18-11-14-20(15-12-18)30-26(19-13-16-23(35-4)24(17-19)36-6-2)25(28(32)29(30)33)27(31)21-9-7-8-10-22(21)34-3/h7-17,26,31H,5-6H2,1-4H3/b27-25-. The van der Waals surface area contributed by atoms with Gasteiger partial charge in [-0.15, -0.1) is 0 Å². The number of ketones is 1. The minimum atomic E-state index is -0.896. The van der Waals surface area contributed by atoms with Gasteiger partial charge in [-0.05, 0) is 60.9 Å². The van der Waals surface area contributed by atoms with Gasteiger partial charge in [0, 0.05) is 5.69 Å². The molecule has 3 aromatic rings. The third-order valence-corrected chi connectivity index (χ3v) is 6.23. The summed E-state index contributed by atoms with van der Waals surface area (Å²) in [4.78, 5) is 28.3. The van der Waals surface area contributed by atoms with Gasteiger partial charge in [0.25, 0.3) is 11.7 Å². The van der Waals surface area contributed by atoms with Crippen LogP contribution in [-0.2, 0) is 16.0 Å². The van der Waals surface area contributed by atoms with Crippen molar-refractivity contribution >= 4 is 23.1 Å². The van der Waals surface area contributed by atoms with Gasteiger partial charge in [0.2, 0.25) is 0 Å². The van der Waals surface area contributed by atoms with Crippen molar-refractivity contribution < 1.29 is 28.9 Å². The highest BCUT2D eigenvalue weighted by atomic mass is 16.5. The lowest BCUT2D eigenvalue weighted by Crippen LogP contribution is -2.29. The number of carbonyl (C=O) groups excluding carboxylic acids is 2. The van der Waals surface area contributed by atoms with Crippen LogP contribution in [0.15, 0.2) is 72.3 Å². The number of hydrogen-bond acceptors (Lipinski definition) is 6. The second-order valence-corrected chi connectivity index (χ2v) is 8.23. The van der Waals surface area contributed by atoms with E-state index in [1.807, 2.05) is 38.1 Å². The van der Waals surface area contributed by atoms with Gasteiger partial charge in [-0.3, -0.25) is 14.5 Å². The zero-order valence-electron chi connectivity index (χ0n) is 20.8. The third kappa shape index (κ3) is 4.40. The minimum Gasteiger partial charge on any atom is -0.507 e. The number of aryl methyl sites for hydroxylation is 1. The molecule has 1 atom stereocenters. The van der Waals surface area contributed by atoms with E-state index >= 15 is 0 Å². The van der Waals surface area contributed by atoms with E-state index in [1.165, 1.54) is 12.0 Å². The van der Waals surface area contributed by atoms with Crippen LogP contribution in [0.25, 0.3) is 5.76 Å². The van der Waals surface area contributed by atoms with E-state index in [2.05, 4.69) is 0 Å². The summed E-state index contributed by atoms with van der Waals surface area (Å²) in [6.45, 7) is 4.30. The molecule has 1 fully saturated rings. The van der Waals surface area contributed by atoms with Crippen LogP contribution in [0.3, 0.4) is 0 Å². The van der Waals surface area contributed by atoms with Crippen LogP contribution in [0, 0.1) is 0 Å². The number of Topliss-reactive ketones (excluding diaryl/α,β-unsaturated/α-hetero) is 1. The molecule has 0 aliphatic carbocycles. The Labute approximate surface area is 210 Å². The number of benzene rings is 3. The number of hydrogen-bond donors (Lipinski definition) is 1. The highest BCUT2D eigenvalue weighted by Crippen LogP contribution is 2.45. The highest BCUT2D eigenvalue weighted by Gasteiger charge is 2.47. The number of aliphatic hydroxyl groups is 1. The van der Waals surface area contributed by atoms with Crippen LogP contribution >= 0.6 is 0 Å². The first-order chi connectivity index (χ1) is 17.4. The molecule has 1 aliphatic rings. The molecule has 186 valence electrons. The summed E-state index contributed by atoms with van der Waals surface area (Å²) in [6.07, 6.45) is 0.840. The van der Waals surface area contributed by atoms with Crippen LogP contribution < -0.4 is 19.1 Å². The largest absolute Gasteiger partial charge is 0.507 e. The molecule has 1 amide bonds. The number of amides is 1. The van der Waals surface area contributed by atoms with Crippen molar-refractivity contribution in [1.82, 2.24) is 0 Å². The topological polar surface area (TPSA) is 85.3 Å². The smallest absolute Gasteiger partial charge is 0.300 e. The molecule has 1 heterocycles. The molecular weight excluding hydrogens is 458 g/mol. The fourth-order valence-corrected chi connectivity index (χ4v) is 4.42. The predicted octanol–water partition coefficient (Wildman–Crippen LogP) is 5.29. The second-order valence-electron chi connectivity index (χ2n) is 8.23. The van der Waals surface area contributed by atoms with E-state index in [9.17, 15) is 14.7 Å². The molecule has 0 spiro atoms. The SMILES string of the molecule is CCOc1cc(C2/C(=C(/O)c3ccccc3OC)C(=O)C(=O)N2c2ccc(CC)cc2)ccc1OC. The zero-order chi connectivity index (χ0) is 25.8. The van der Waals surface area contributed by atoms with Crippen LogP contribution in [0.5, 0.6) is 17.2 Å². The summed E-state index contributed by atoms with van der Waals surface area (Å²) < 4.78 is 16.6. The van der Waals surface area contributed by atoms with Gasteiger partial charge >= 0.3 is 0 Å². The lowest BCUT2D eigenvalue weighted by Gasteiger charge is -2.26. The maximum Gasteiger partial charge on any atom is 0.300 e. The zero-order valence-corrected chi connectivity index (χ0v) is 20.8. The third-order valence-electron chi connectivity index (χ3n) is 6.23. The number of rotatable bonds is 8. The quantitative estimate of drug-likeness (QED) is 0.264. The molecule has 36 heavy (non-hydrogen) atoms. The van der Waals surface area contributed by atoms with E-state index in [0.717, 1.165) is 12.0 Å². The number of carbonyl (C=O) groups is 2. The van der Waals surface area contributed by atoms with Gasteiger partial charge < -0.3 is 19.3 Å². The molecule has 1 N–H and O–H groups in total. The summed E-state index contributed by atoms with van der Waals surface area (Å²) in [7, 11) is 3.02. The van der Waals surface area contributed by atoms with Crippen LogP contribution in [0.2, 0.25) is 0 Å². The van der Waals surface area contributed by atoms with Gasteiger partial charge in [-0.25, -0.2) is 0 Å². The normalized spacial score (nSPS) is 16.8. The number of nitrogens with zero attached hydrogens (tertiary/aromatic N) is 1. The van der Waals surface area contributed by atoms with E-state index in [4.69, 9.17) is 14.2 Å². The van der Waals surface area contributed by atoms with Crippen molar-refractivity contribution in [2.24, 2.45) is 0 Å². The van der Waals surface area contributed by atoms with Crippen molar-refractivity contribution in [2.75, 3.05) is 25.7 Å². The van der Waals surface area contributed by atoms with Gasteiger partial charge in [-0.2, -0.15) is 0 Å². The Bertz CT molecular complexity index is 1310. The first-order valence-corrected chi connectivity index (χ1v) is 11.8. The number of methoxy groups -OCH3 is 2. The van der Waals surface area contributed by atoms with Gasteiger partial charge in [0.05, 0.1) is 38.0 Å². The molecule has 0 saturated carbocycles. The summed E-state index contributed by atoms with van der Waals surface area (Å²) in [5, 5.41) is 11.4. The van der Waals surface area contributed by atoms with Crippen molar-refractivity contribution in [3.8, 4) is 17.2 Å². The van der Waals surface area contributed by atoms with Gasteiger partial charge in [-0.1, -0.05) is 37.3 Å². The van der Waals surface area contributed by atoms with Crippen LogP contribution in [0.4, 0.5) is 5.69 Å². The maximum atomic E-state index is 13.4. The molecule has 7 nitrogen and oxygen atoms in total. The van der Waals surface area contributed by atoms with Gasteiger partial charge in [0.15, 0.2) is 11.5 Å². The van der Waals surface area contributed by atoms with Gasteiger partial charge in [0.1, 0.15) is 11.5 Å². The lowest BCUT2D eigenvalue weighted by molar-refractivity contribution is -0.132. The molecule has 3 aromatic carbocycles. The molecule has 4 rings (SSSR count). The Hall–Kier alpha value is -4.26. The Morgan fingerprint density at radius 2 is 1.58 bits per heavy atom. The number of anilines is 1. The van der Waals surface area contributed by atoms with E-state index in [-0.39, 0.29) is 11.3 Å². The molecule has 0 aromatic heterocycles. The Morgan fingerprint density at radius 3 is 2.22 bits per heavy atom. The summed E-state index contributed by atoms with van der Waals surface area (Å²) >= 11 is 0. The molecule has 1 aliphatic heterocycles. The monoisotopic (exact) mass is 487 g/mol. The van der Waals surface area contributed by atoms with E-state index in [0.29, 0.717) is 40.7 Å². The number of para-hydroxylation sites is 1. The Morgan fingerprint density at radius 1 is 0.889 bits per heavy atom. The first-order valence-electron chi connectivity index (χ1n) is 11.8. The van der Waals surface area contributed by atoms with Crippen molar-refractivity contribution in [3.05, 3.63) is 89.0 Å². The molecule has 1 unspecified atom stereocenters. The predicted molar refractivity (Wildman–Crippen MR) is 138 cm³/mol. The summed E-state index contributed by atoms with van der Waals surface area (Å²) in [6, 6.07) is 18.6. The molecule has 7 heteroatoms. The van der Waals surface area contributed by atoms with Crippen molar-refractivity contribution in [3.63, 3.8) is 0 Å². The molecule has 1 saturated heterocycles. The number of ether oxygens (including phenoxy) is 3. The first kappa shape index (κ1) is 24.9. The van der Waals surface area contributed by atoms with Crippen molar-refractivity contribution in [1.29, 1.82) is 0 Å². The average molecular weight is 488 g/mol. The fraction of sp³-hybridized carbons (Fsp3) is 0.241. The number of aliphatic hydroxyl groups excluding tert-OH is 1. The molecular formula is C29H29NO6. The lowest BCUT2D eigenvalue weighted by atomic mass is 9.94. The van der Waals surface area contributed by atoms with Crippen LogP contribution in [-0.4, -0.2) is 37.6 Å². The second kappa shape index (κ2) is 10.6. The molecule has 0 radical (unpaired) electrons.